The van der Waals surface area contributed by atoms with Crippen LogP contribution in [-0.4, -0.2) is 13.3 Å². The molecule has 15 heavy (non-hydrogen) atoms. The van der Waals surface area contributed by atoms with Crippen molar-refractivity contribution in [2.75, 3.05) is 7.05 Å². The maximum Gasteiger partial charge on any atom is 0.157 e. The van der Waals surface area contributed by atoms with Crippen molar-refractivity contribution in [3.05, 3.63) is 41.0 Å². The standard InChI is InChI=1S/C12H15NO2/c1-9-4-5-11(8-10(9)2)12(6-7-14)15-13-3/h4-8,13H,1-3H3/b12-6-. The summed E-state index contributed by atoms with van der Waals surface area (Å²) in [5, 5.41) is 0. The van der Waals surface area contributed by atoms with Crippen LogP contribution in [-0.2, 0) is 9.63 Å². The third-order valence-electron chi connectivity index (χ3n) is 2.22. The fourth-order valence-corrected chi connectivity index (χ4v) is 1.26. The lowest BCUT2D eigenvalue weighted by molar-refractivity contribution is -0.104. The molecule has 1 aromatic rings. The molecule has 0 amide bonds. The molecular formula is C12H15NO2. The lowest BCUT2D eigenvalue weighted by Crippen LogP contribution is -2.06. The highest BCUT2D eigenvalue weighted by molar-refractivity contribution is 5.78. The van der Waals surface area contributed by atoms with Crippen LogP contribution in [0.1, 0.15) is 16.7 Å². The Balaban J connectivity index is 3.06. The van der Waals surface area contributed by atoms with Gasteiger partial charge in [-0.15, -0.1) is 0 Å². The zero-order valence-electron chi connectivity index (χ0n) is 9.20. The second-order valence-electron chi connectivity index (χ2n) is 3.27. The van der Waals surface area contributed by atoms with E-state index in [-0.39, 0.29) is 0 Å². The minimum Gasteiger partial charge on any atom is -0.408 e. The molecular weight excluding hydrogens is 190 g/mol. The van der Waals surface area contributed by atoms with Crippen molar-refractivity contribution in [3.8, 4) is 0 Å². The number of hydrogen-bond donors (Lipinski definition) is 1. The Morgan fingerprint density at radius 2 is 2.07 bits per heavy atom. The first-order valence-corrected chi connectivity index (χ1v) is 4.75. The molecule has 0 heterocycles. The summed E-state index contributed by atoms with van der Waals surface area (Å²) >= 11 is 0. The molecule has 3 nitrogen and oxygen atoms in total. The Kier molecular flexibility index (Phi) is 4.06. The van der Waals surface area contributed by atoms with E-state index in [0.717, 1.165) is 5.56 Å². The van der Waals surface area contributed by atoms with Crippen LogP contribution in [0.2, 0.25) is 0 Å². The van der Waals surface area contributed by atoms with Crippen molar-refractivity contribution in [3.63, 3.8) is 0 Å². The topological polar surface area (TPSA) is 38.3 Å². The lowest BCUT2D eigenvalue weighted by Gasteiger charge is -2.09. The van der Waals surface area contributed by atoms with E-state index < -0.39 is 0 Å². The molecule has 0 aromatic heterocycles. The molecule has 80 valence electrons. The van der Waals surface area contributed by atoms with Crippen molar-refractivity contribution in [1.82, 2.24) is 5.48 Å². The van der Waals surface area contributed by atoms with Gasteiger partial charge in [0.05, 0.1) is 0 Å². The molecule has 3 heteroatoms. The number of hydroxylamine groups is 1. The maximum atomic E-state index is 10.4. The third kappa shape index (κ3) is 2.92. The van der Waals surface area contributed by atoms with E-state index in [1.807, 2.05) is 32.0 Å². The molecule has 1 aromatic carbocycles. The van der Waals surface area contributed by atoms with E-state index in [0.29, 0.717) is 12.0 Å². The minimum atomic E-state index is 0.524. The summed E-state index contributed by atoms with van der Waals surface area (Å²) in [6.07, 6.45) is 2.10. The van der Waals surface area contributed by atoms with Crippen LogP contribution in [0.25, 0.3) is 5.76 Å². The third-order valence-corrected chi connectivity index (χ3v) is 2.22. The molecule has 0 aliphatic heterocycles. The highest BCUT2D eigenvalue weighted by Gasteiger charge is 2.03. The van der Waals surface area contributed by atoms with Crippen molar-refractivity contribution < 1.29 is 9.63 Å². The van der Waals surface area contributed by atoms with Crippen LogP contribution in [0.5, 0.6) is 0 Å². The first-order valence-electron chi connectivity index (χ1n) is 4.75. The monoisotopic (exact) mass is 205 g/mol. The van der Waals surface area contributed by atoms with Gasteiger partial charge in [-0.05, 0) is 31.0 Å². The second kappa shape index (κ2) is 5.32. The molecule has 1 rings (SSSR count). The SMILES string of the molecule is CNO/C(=C\C=O)c1ccc(C)c(C)c1. The van der Waals surface area contributed by atoms with Gasteiger partial charge in [-0.25, -0.2) is 0 Å². The van der Waals surface area contributed by atoms with Crippen molar-refractivity contribution in [2.45, 2.75) is 13.8 Å². The molecule has 0 atom stereocenters. The Morgan fingerprint density at radius 3 is 2.60 bits per heavy atom. The number of allylic oxidation sites excluding steroid dienone is 1. The molecule has 0 aliphatic rings. The molecule has 0 saturated carbocycles. The molecule has 0 spiro atoms. The average Bonchev–Trinajstić information content (AvgIpc) is 2.22. The fraction of sp³-hybridized carbons (Fsp3) is 0.250. The molecule has 0 radical (unpaired) electrons. The number of aldehydes is 1. The quantitative estimate of drug-likeness (QED) is 0.353. The van der Waals surface area contributed by atoms with Gasteiger partial charge in [0.15, 0.2) is 5.76 Å². The Hall–Kier alpha value is -1.61. The van der Waals surface area contributed by atoms with Crippen LogP contribution in [0, 0.1) is 13.8 Å². The molecule has 0 aliphatic carbocycles. The van der Waals surface area contributed by atoms with Crippen LogP contribution in [0.3, 0.4) is 0 Å². The second-order valence-corrected chi connectivity index (χ2v) is 3.27. The summed E-state index contributed by atoms with van der Waals surface area (Å²) in [4.78, 5) is 15.6. The summed E-state index contributed by atoms with van der Waals surface area (Å²) in [5.41, 5.74) is 5.83. The van der Waals surface area contributed by atoms with Gasteiger partial charge < -0.3 is 4.84 Å². The number of aryl methyl sites for hydroxylation is 2. The lowest BCUT2D eigenvalue weighted by atomic mass is 10.1. The van der Waals surface area contributed by atoms with Gasteiger partial charge in [0, 0.05) is 18.7 Å². The summed E-state index contributed by atoms with van der Waals surface area (Å²) in [5.74, 6) is 0.524. The number of carbonyl (C=O) groups is 1. The fourth-order valence-electron chi connectivity index (χ4n) is 1.26. The Bertz CT molecular complexity index is 383. The molecule has 0 bridgehead atoms. The summed E-state index contributed by atoms with van der Waals surface area (Å²) in [6, 6.07) is 5.92. The summed E-state index contributed by atoms with van der Waals surface area (Å²) in [7, 11) is 1.65. The van der Waals surface area contributed by atoms with Crippen molar-refractivity contribution >= 4 is 12.0 Å². The first-order chi connectivity index (χ1) is 7.19. The molecule has 1 N–H and O–H groups in total. The maximum absolute atomic E-state index is 10.4. The summed E-state index contributed by atoms with van der Waals surface area (Å²) < 4.78 is 0. The number of carbonyl (C=O) groups excluding carboxylic acids is 1. The smallest absolute Gasteiger partial charge is 0.157 e. The number of benzene rings is 1. The highest BCUT2D eigenvalue weighted by atomic mass is 16.6. The van der Waals surface area contributed by atoms with E-state index >= 15 is 0 Å². The van der Waals surface area contributed by atoms with Crippen LogP contribution < -0.4 is 5.48 Å². The minimum absolute atomic E-state index is 0.524. The van der Waals surface area contributed by atoms with Gasteiger partial charge >= 0.3 is 0 Å². The van der Waals surface area contributed by atoms with Gasteiger partial charge in [-0.3, -0.25) is 4.79 Å². The largest absolute Gasteiger partial charge is 0.408 e. The van der Waals surface area contributed by atoms with E-state index in [1.165, 1.54) is 17.2 Å². The zero-order valence-corrected chi connectivity index (χ0v) is 9.20. The van der Waals surface area contributed by atoms with Crippen LogP contribution in [0.4, 0.5) is 0 Å². The van der Waals surface area contributed by atoms with E-state index in [4.69, 9.17) is 4.84 Å². The first kappa shape index (κ1) is 11.5. The number of nitrogens with one attached hydrogen (secondary N) is 1. The molecule has 0 fully saturated rings. The predicted octanol–water partition coefficient (Wildman–Crippen LogP) is 1.99. The van der Waals surface area contributed by atoms with E-state index in [1.54, 1.807) is 7.05 Å². The van der Waals surface area contributed by atoms with Crippen LogP contribution in [0.15, 0.2) is 24.3 Å². The van der Waals surface area contributed by atoms with Crippen LogP contribution >= 0.6 is 0 Å². The molecule has 0 unspecified atom stereocenters. The van der Waals surface area contributed by atoms with Crippen molar-refractivity contribution in [1.29, 1.82) is 0 Å². The number of hydrogen-bond acceptors (Lipinski definition) is 3. The van der Waals surface area contributed by atoms with E-state index in [9.17, 15) is 4.79 Å². The average molecular weight is 205 g/mol. The predicted molar refractivity (Wildman–Crippen MR) is 60.1 cm³/mol. The molecule has 0 saturated heterocycles. The highest BCUT2D eigenvalue weighted by Crippen LogP contribution is 2.17. The number of rotatable bonds is 4. The van der Waals surface area contributed by atoms with Gasteiger partial charge in [0.2, 0.25) is 0 Å². The Labute approximate surface area is 89.7 Å². The van der Waals surface area contributed by atoms with Gasteiger partial charge in [0.25, 0.3) is 0 Å². The van der Waals surface area contributed by atoms with Gasteiger partial charge in [0.1, 0.15) is 6.29 Å². The van der Waals surface area contributed by atoms with Gasteiger partial charge in [-0.1, -0.05) is 12.1 Å². The van der Waals surface area contributed by atoms with Crippen molar-refractivity contribution in [2.24, 2.45) is 0 Å². The zero-order chi connectivity index (χ0) is 11.3. The normalized spacial score (nSPS) is 11.3. The Morgan fingerprint density at radius 1 is 1.33 bits per heavy atom. The van der Waals surface area contributed by atoms with Gasteiger partial charge in [-0.2, -0.15) is 5.48 Å². The van der Waals surface area contributed by atoms with E-state index in [2.05, 4.69) is 5.48 Å². The summed E-state index contributed by atoms with van der Waals surface area (Å²) in [6.45, 7) is 4.07.